The Kier molecular flexibility index (Phi) is 1.83. The summed E-state index contributed by atoms with van der Waals surface area (Å²) in [7, 11) is 0. The molecule has 1 fully saturated rings. The van der Waals surface area contributed by atoms with Gasteiger partial charge < -0.3 is 5.73 Å². The van der Waals surface area contributed by atoms with E-state index in [9.17, 15) is 0 Å². The van der Waals surface area contributed by atoms with Gasteiger partial charge in [0.05, 0.1) is 24.2 Å². The highest BCUT2D eigenvalue weighted by Gasteiger charge is 2.14. The molecule has 12 heavy (non-hydrogen) atoms. The topological polar surface area (TPSA) is 51.4 Å². The van der Waals surface area contributed by atoms with Gasteiger partial charge in [-0.15, -0.1) is 0 Å². The first kappa shape index (κ1) is 7.36. The van der Waals surface area contributed by atoms with Crippen LogP contribution in [0.5, 0.6) is 0 Å². The lowest BCUT2D eigenvalue weighted by molar-refractivity contribution is 0.168. The zero-order valence-corrected chi connectivity index (χ0v) is 6.73. The molecular weight excluding hydrogens is 154 g/mol. The number of aromatic nitrogens is 1. The van der Waals surface area contributed by atoms with Gasteiger partial charge in [-0.2, -0.15) is 0 Å². The number of hydrogen-bond acceptors (Lipinski definition) is 4. The van der Waals surface area contributed by atoms with Crippen molar-refractivity contribution in [2.24, 2.45) is 0 Å². The molecule has 1 aromatic heterocycles. The Morgan fingerprint density at radius 1 is 1.58 bits per heavy atom. The number of rotatable bonds is 1. The molecule has 0 bridgehead atoms. The molecule has 64 valence electrons. The molecule has 4 heteroatoms. The fourth-order valence-corrected chi connectivity index (χ4v) is 1.26. The predicted octanol–water partition coefficient (Wildman–Crippen LogP) is 0.806. The highest BCUT2D eigenvalue weighted by molar-refractivity contribution is 5.64. The van der Waals surface area contributed by atoms with Gasteiger partial charge >= 0.3 is 0 Å². The summed E-state index contributed by atoms with van der Waals surface area (Å²) in [5.74, 6) is 0. The van der Waals surface area contributed by atoms with Crippen molar-refractivity contribution >= 4 is 11.4 Å². The molecule has 0 aliphatic carbocycles. The molecule has 0 amide bonds. The smallest absolute Gasteiger partial charge is 0.0897 e. The number of hydroxylamine groups is 1. The monoisotopic (exact) mass is 165 g/mol. The summed E-state index contributed by atoms with van der Waals surface area (Å²) in [4.78, 5) is 9.25. The Balaban J connectivity index is 2.26. The maximum atomic E-state index is 5.72. The Morgan fingerprint density at radius 3 is 3.17 bits per heavy atom. The average molecular weight is 165 g/mol. The van der Waals surface area contributed by atoms with Crippen LogP contribution in [0.3, 0.4) is 0 Å². The number of nitrogens with zero attached hydrogens (tertiary/aromatic N) is 2. The lowest BCUT2D eigenvalue weighted by Gasteiger charge is -2.16. The highest BCUT2D eigenvalue weighted by atomic mass is 16.7. The normalized spacial score (nSPS) is 16.8. The van der Waals surface area contributed by atoms with Crippen molar-refractivity contribution in [2.75, 3.05) is 23.9 Å². The number of nitrogens with two attached hydrogens (primary N) is 1. The van der Waals surface area contributed by atoms with E-state index in [-0.39, 0.29) is 0 Å². The number of anilines is 2. The molecule has 0 radical (unpaired) electrons. The number of nitrogen functional groups attached to an aromatic ring is 1. The molecule has 0 spiro atoms. The van der Waals surface area contributed by atoms with Crippen molar-refractivity contribution in [2.45, 2.75) is 6.42 Å². The molecule has 1 aliphatic rings. The predicted molar refractivity (Wildman–Crippen MR) is 46.6 cm³/mol. The minimum absolute atomic E-state index is 0.666. The second-order valence-electron chi connectivity index (χ2n) is 2.72. The maximum absolute atomic E-state index is 5.72. The van der Waals surface area contributed by atoms with Gasteiger partial charge in [0, 0.05) is 12.7 Å². The third-order valence-electron chi connectivity index (χ3n) is 1.85. The molecule has 1 aliphatic heterocycles. The fourth-order valence-electron chi connectivity index (χ4n) is 1.26. The summed E-state index contributed by atoms with van der Waals surface area (Å²) >= 11 is 0. The summed E-state index contributed by atoms with van der Waals surface area (Å²) in [6, 6.07) is 1.86. The van der Waals surface area contributed by atoms with Crippen LogP contribution in [0.4, 0.5) is 11.4 Å². The highest BCUT2D eigenvalue weighted by Crippen LogP contribution is 2.24. The minimum Gasteiger partial charge on any atom is -0.396 e. The summed E-state index contributed by atoms with van der Waals surface area (Å²) in [6.07, 6.45) is 4.41. The Morgan fingerprint density at radius 2 is 2.50 bits per heavy atom. The molecule has 0 saturated carbocycles. The van der Waals surface area contributed by atoms with Gasteiger partial charge in [0.2, 0.25) is 0 Å². The number of hydrogen-bond donors (Lipinski definition) is 1. The van der Waals surface area contributed by atoms with Crippen LogP contribution in [0.25, 0.3) is 0 Å². The molecule has 2 heterocycles. The third-order valence-corrected chi connectivity index (χ3v) is 1.85. The van der Waals surface area contributed by atoms with Gasteiger partial charge in [0.25, 0.3) is 0 Å². The van der Waals surface area contributed by atoms with Crippen molar-refractivity contribution in [1.29, 1.82) is 0 Å². The van der Waals surface area contributed by atoms with Gasteiger partial charge in [0.15, 0.2) is 0 Å². The third kappa shape index (κ3) is 1.21. The SMILES string of the molecule is Nc1cnccc1N1CCCO1. The zero-order valence-electron chi connectivity index (χ0n) is 6.73. The van der Waals surface area contributed by atoms with Crippen LogP contribution >= 0.6 is 0 Å². The molecule has 0 unspecified atom stereocenters. The van der Waals surface area contributed by atoms with E-state index in [4.69, 9.17) is 10.6 Å². The lowest BCUT2D eigenvalue weighted by atomic mass is 10.3. The standard InChI is InChI=1S/C8H11N3O/c9-7-6-10-3-2-8(7)11-4-1-5-12-11/h2-3,6H,1,4-5,9H2. The molecule has 1 aromatic rings. The first-order chi connectivity index (χ1) is 5.88. The number of pyridine rings is 1. The molecule has 2 rings (SSSR count). The van der Waals surface area contributed by atoms with Crippen molar-refractivity contribution in [3.8, 4) is 0 Å². The van der Waals surface area contributed by atoms with E-state index in [0.29, 0.717) is 5.69 Å². The molecule has 0 atom stereocenters. The average Bonchev–Trinajstić information content (AvgIpc) is 2.57. The van der Waals surface area contributed by atoms with Crippen LogP contribution in [0.2, 0.25) is 0 Å². The Labute approximate surface area is 70.9 Å². The first-order valence-corrected chi connectivity index (χ1v) is 3.98. The molecule has 0 aromatic carbocycles. The van der Waals surface area contributed by atoms with Crippen LogP contribution in [0.1, 0.15) is 6.42 Å². The van der Waals surface area contributed by atoms with Gasteiger partial charge in [-0.05, 0) is 12.5 Å². The van der Waals surface area contributed by atoms with Crippen molar-refractivity contribution in [3.63, 3.8) is 0 Å². The van der Waals surface area contributed by atoms with E-state index in [1.54, 1.807) is 12.4 Å². The summed E-state index contributed by atoms with van der Waals surface area (Å²) in [5.41, 5.74) is 7.30. The minimum atomic E-state index is 0.666. The second kappa shape index (κ2) is 2.98. The van der Waals surface area contributed by atoms with Gasteiger partial charge in [0.1, 0.15) is 0 Å². The largest absolute Gasteiger partial charge is 0.396 e. The van der Waals surface area contributed by atoms with Crippen LogP contribution < -0.4 is 10.8 Å². The van der Waals surface area contributed by atoms with E-state index in [2.05, 4.69) is 4.98 Å². The molecular formula is C8H11N3O. The van der Waals surface area contributed by atoms with Gasteiger partial charge in [-0.1, -0.05) is 0 Å². The van der Waals surface area contributed by atoms with Crippen LogP contribution in [0, 0.1) is 0 Å². The second-order valence-corrected chi connectivity index (χ2v) is 2.72. The van der Waals surface area contributed by atoms with Crippen molar-refractivity contribution in [1.82, 2.24) is 4.98 Å². The maximum Gasteiger partial charge on any atom is 0.0897 e. The van der Waals surface area contributed by atoms with Crippen LogP contribution in [0.15, 0.2) is 18.5 Å². The molecule has 4 nitrogen and oxygen atoms in total. The Hall–Kier alpha value is -1.29. The summed E-state index contributed by atoms with van der Waals surface area (Å²) in [5, 5.41) is 1.82. The van der Waals surface area contributed by atoms with Crippen LogP contribution in [-0.2, 0) is 4.84 Å². The van der Waals surface area contributed by atoms with E-state index in [1.807, 2.05) is 11.1 Å². The Bertz CT molecular complexity index is 271. The summed E-state index contributed by atoms with van der Waals surface area (Å²) in [6.45, 7) is 1.69. The van der Waals surface area contributed by atoms with E-state index < -0.39 is 0 Å². The van der Waals surface area contributed by atoms with Crippen LogP contribution in [-0.4, -0.2) is 18.1 Å². The van der Waals surface area contributed by atoms with E-state index in [1.165, 1.54) is 0 Å². The quantitative estimate of drug-likeness (QED) is 0.669. The zero-order chi connectivity index (χ0) is 8.39. The van der Waals surface area contributed by atoms with E-state index in [0.717, 1.165) is 25.3 Å². The first-order valence-electron chi connectivity index (χ1n) is 3.98. The van der Waals surface area contributed by atoms with Gasteiger partial charge in [-0.25, -0.2) is 0 Å². The molecule has 1 saturated heterocycles. The van der Waals surface area contributed by atoms with Crippen molar-refractivity contribution < 1.29 is 4.84 Å². The van der Waals surface area contributed by atoms with Gasteiger partial charge in [-0.3, -0.25) is 14.9 Å². The fraction of sp³-hybridized carbons (Fsp3) is 0.375. The van der Waals surface area contributed by atoms with E-state index >= 15 is 0 Å². The lowest BCUT2D eigenvalue weighted by Crippen LogP contribution is -2.17. The summed E-state index contributed by atoms with van der Waals surface area (Å²) < 4.78 is 0. The molecule has 2 N–H and O–H groups in total. The van der Waals surface area contributed by atoms with Crippen molar-refractivity contribution in [3.05, 3.63) is 18.5 Å².